The fourth-order valence-corrected chi connectivity index (χ4v) is 3.37. The summed E-state index contributed by atoms with van der Waals surface area (Å²) in [5, 5.41) is 0. The van der Waals surface area contributed by atoms with Gasteiger partial charge in [-0.25, -0.2) is 0 Å². The van der Waals surface area contributed by atoms with Gasteiger partial charge >= 0.3 is 5.97 Å². The molecule has 0 aromatic heterocycles. The van der Waals surface area contributed by atoms with E-state index >= 15 is 0 Å². The first-order valence-electron chi connectivity index (χ1n) is 6.52. The van der Waals surface area contributed by atoms with Crippen LogP contribution < -0.4 is 0 Å². The fourth-order valence-electron chi connectivity index (χ4n) is 1.76. The second-order valence-corrected chi connectivity index (χ2v) is 6.60. The quantitative estimate of drug-likeness (QED) is 0.722. The maximum Gasteiger partial charge on any atom is 0.314 e. The van der Waals surface area contributed by atoms with Gasteiger partial charge in [-0.3, -0.25) is 9.00 Å². The van der Waals surface area contributed by atoms with Gasteiger partial charge in [-0.15, -0.1) is 0 Å². The molecule has 19 heavy (non-hydrogen) atoms. The average Bonchev–Trinajstić information content (AvgIpc) is 2.42. The lowest BCUT2D eigenvalue weighted by Crippen LogP contribution is -2.22. The zero-order valence-electron chi connectivity index (χ0n) is 11.8. The van der Waals surface area contributed by atoms with Gasteiger partial charge in [-0.2, -0.15) is 0 Å². The molecular formula is C15H22O3S. The smallest absolute Gasteiger partial charge is 0.314 e. The van der Waals surface area contributed by atoms with Crippen molar-refractivity contribution in [3.05, 3.63) is 35.9 Å². The summed E-state index contributed by atoms with van der Waals surface area (Å²) in [6.45, 7) is 4.21. The minimum Gasteiger partial charge on any atom is -0.469 e. The van der Waals surface area contributed by atoms with E-state index in [1.54, 1.807) is 0 Å². The molecule has 0 fully saturated rings. The van der Waals surface area contributed by atoms with Crippen LogP contribution in [-0.2, 0) is 20.3 Å². The topological polar surface area (TPSA) is 43.4 Å². The van der Waals surface area contributed by atoms with E-state index in [0.717, 1.165) is 12.0 Å². The van der Waals surface area contributed by atoms with Crippen molar-refractivity contribution in [2.45, 2.75) is 26.2 Å². The number of carbonyl (C=O) groups excluding carboxylic acids is 1. The normalized spacial score (nSPS) is 14.1. The molecule has 0 aliphatic carbocycles. The van der Waals surface area contributed by atoms with Crippen molar-refractivity contribution in [2.75, 3.05) is 18.6 Å². The first kappa shape index (κ1) is 15.9. The zero-order chi connectivity index (χ0) is 14.3. The second-order valence-electron chi connectivity index (χ2n) is 4.98. The van der Waals surface area contributed by atoms with Crippen LogP contribution in [0, 0.1) is 5.92 Å². The average molecular weight is 282 g/mol. The summed E-state index contributed by atoms with van der Waals surface area (Å²) in [5.74, 6) is 0.752. The number of benzene rings is 1. The Hall–Kier alpha value is -1.16. The van der Waals surface area contributed by atoms with E-state index in [9.17, 15) is 9.00 Å². The predicted octanol–water partition coefficient (Wildman–Crippen LogP) is 2.74. The van der Waals surface area contributed by atoms with Crippen LogP contribution in [0.3, 0.4) is 0 Å². The highest BCUT2D eigenvalue weighted by molar-refractivity contribution is 7.85. The predicted molar refractivity (Wildman–Crippen MR) is 78.5 cm³/mol. The van der Waals surface area contributed by atoms with E-state index in [0.29, 0.717) is 17.4 Å². The first-order chi connectivity index (χ1) is 9.04. The van der Waals surface area contributed by atoms with E-state index in [1.165, 1.54) is 7.11 Å². The lowest BCUT2D eigenvalue weighted by molar-refractivity contribution is -0.141. The van der Waals surface area contributed by atoms with Crippen LogP contribution >= 0.6 is 0 Å². The van der Waals surface area contributed by atoms with Crippen LogP contribution in [0.2, 0.25) is 0 Å². The van der Waals surface area contributed by atoms with Crippen molar-refractivity contribution in [1.82, 2.24) is 0 Å². The number of rotatable bonds is 7. The summed E-state index contributed by atoms with van der Waals surface area (Å²) < 4.78 is 16.9. The van der Waals surface area contributed by atoms with Gasteiger partial charge in [0.25, 0.3) is 0 Å². The van der Waals surface area contributed by atoms with Crippen molar-refractivity contribution >= 4 is 16.8 Å². The maximum atomic E-state index is 12.1. The molecule has 0 bridgehead atoms. The molecule has 3 nitrogen and oxygen atoms in total. The second kappa shape index (κ2) is 8.10. The molecule has 106 valence electrons. The molecule has 0 aliphatic rings. The number of ether oxygens (including phenoxy) is 1. The van der Waals surface area contributed by atoms with Gasteiger partial charge in [-0.1, -0.05) is 44.2 Å². The zero-order valence-corrected chi connectivity index (χ0v) is 12.6. The van der Waals surface area contributed by atoms with Crippen LogP contribution in [0.25, 0.3) is 0 Å². The molecule has 0 spiro atoms. The van der Waals surface area contributed by atoms with Crippen LogP contribution in [0.1, 0.15) is 31.7 Å². The standard InChI is InChI=1S/C15H22O3S/c1-12(2)9-10-19(17)11-14(15(16)18-3)13-7-5-4-6-8-13/h4-8,12,14H,9-11H2,1-3H3. The van der Waals surface area contributed by atoms with E-state index in [1.807, 2.05) is 30.3 Å². The Morgan fingerprint density at radius 1 is 1.26 bits per heavy atom. The van der Waals surface area contributed by atoms with Gasteiger partial charge in [0.2, 0.25) is 0 Å². The van der Waals surface area contributed by atoms with Crippen LogP contribution in [0.4, 0.5) is 0 Å². The minimum absolute atomic E-state index is 0.316. The van der Waals surface area contributed by atoms with Crippen LogP contribution in [0.15, 0.2) is 30.3 Å². The summed E-state index contributed by atoms with van der Waals surface area (Å²) in [5.41, 5.74) is 0.868. The molecule has 4 heteroatoms. The van der Waals surface area contributed by atoms with Crippen molar-refractivity contribution in [3.63, 3.8) is 0 Å². The van der Waals surface area contributed by atoms with Gasteiger partial charge in [-0.05, 0) is 17.9 Å². The van der Waals surface area contributed by atoms with E-state index in [-0.39, 0.29) is 5.97 Å². The van der Waals surface area contributed by atoms with Crippen LogP contribution in [-0.4, -0.2) is 28.8 Å². The monoisotopic (exact) mass is 282 g/mol. The molecule has 1 rings (SSSR count). The van der Waals surface area contributed by atoms with Crippen LogP contribution in [0.5, 0.6) is 0 Å². The number of esters is 1. The third kappa shape index (κ3) is 5.55. The molecule has 2 unspecified atom stereocenters. The van der Waals surface area contributed by atoms with E-state index < -0.39 is 16.7 Å². The largest absolute Gasteiger partial charge is 0.469 e. The Labute approximate surface area is 117 Å². The van der Waals surface area contributed by atoms with Gasteiger partial charge in [0.1, 0.15) is 0 Å². The molecular weight excluding hydrogens is 260 g/mol. The lowest BCUT2D eigenvalue weighted by Gasteiger charge is -2.15. The van der Waals surface area contributed by atoms with Gasteiger partial charge in [0.05, 0.1) is 13.0 Å². The molecule has 0 amide bonds. The maximum absolute atomic E-state index is 12.1. The van der Waals surface area contributed by atoms with E-state index in [2.05, 4.69) is 13.8 Å². The van der Waals surface area contributed by atoms with Gasteiger partial charge in [0, 0.05) is 22.3 Å². The molecule has 1 aromatic rings. The molecule has 0 heterocycles. The highest BCUT2D eigenvalue weighted by atomic mass is 32.2. The molecule has 0 N–H and O–H groups in total. The Balaban J connectivity index is 2.71. The Morgan fingerprint density at radius 3 is 2.42 bits per heavy atom. The number of hydrogen-bond donors (Lipinski definition) is 0. The molecule has 0 saturated heterocycles. The Kier molecular flexibility index (Phi) is 6.78. The van der Waals surface area contributed by atoms with Crippen molar-refractivity contribution in [2.24, 2.45) is 5.92 Å². The molecule has 1 aromatic carbocycles. The van der Waals surface area contributed by atoms with Crippen molar-refractivity contribution < 1.29 is 13.7 Å². The van der Waals surface area contributed by atoms with Crippen molar-refractivity contribution in [3.8, 4) is 0 Å². The molecule has 0 radical (unpaired) electrons. The SMILES string of the molecule is COC(=O)C(CS(=O)CCC(C)C)c1ccccc1. The highest BCUT2D eigenvalue weighted by Crippen LogP contribution is 2.19. The third-order valence-corrected chi connectivity index (χ3v) is 4.36. The summed E-state index contributed by atoms with van der Waals surface area (Å²) in [7, 11) is 0.376. The number of carbonyl (C=O) groups is 1. The number of methoxy groups -OCH3 is 1. The first-order valence-corrected chi connectivity index (χ1v) is 8.01. The summed E-state index contributed by atoms with van der Waals surface area (Å²) in [4.78, 5) is 11.8. The Morgan fingerprint density at radius 2 is 1.89 bits per heavy atom. The molecule has 0 saturated carbocycles. The summed E-state index contributed by atoms with van der Waals surface area (Å²) in [6.07, 6.45) is 0.912. The summed E-state index contributed by atoms with van der Waals surface area (Å²) in [6, 6.07) is 9.40. The van der Waals surface area contributed by atoms with Crippen molar-refractivity contribution in [1.29, 1.82) is 0 Å². The highest BCUT2D eigenvalue weighted by Gasteiger charge is 2.23. The Bertz CT molecular complexity index is 415. The third-order valence-electron chi connectivity index (χ3n) is 2.96. The number of hydrogen-bond acceptors (Lipinski definition) is 3. The van der Waals surface area contributed by atoms with E-state index in [4.69, 9.17) is 4.74 Å². The molecule has 2 atom stereocenters. The fraction of sp³-hybridized carbons (Fsp3) is 0.533. The lowest BCUT2D eigenvalue weighted by atomic mass is 10.0. The van der Waals surface area contributed by atoms with Gasteiger partial charge < -0.3 is 4.74 Å². The molecule has 0 aliphatic heterocycles. The van der Waals surface area contributed by atoms with Gasteiger partial charge in [0.15, 0.2) is 0 Å². The summed E-state index contributed by atoms with van der Waals surface area (Å²) >= 11 is 0. The minimum atomic E-state index is -0.994.